The van der Waals surface area contributed by atoms with Crippen molar-refractivity contribution in [1.29, 1.82) is 0 Å². The van der Waals surface area contributed by atoms with Crippen LogP contribution in [0.15, 0.2) is 0 Å². The van der Waals surface area contributed by atoms with Gasteiger partial charge in [0.15, 0.2) is 12.6 Å². The maximum absolute atomic E-state index is 6.29. The average Bonchev–Trinajstić information content (AvgIpc) is 2.58. The summed E-state index contributed by atoms with van der Waals surface area (Å²) >= 11 is 0. The van der Waals surface area contributed by atoms with Gasteiger partial charge < -0.3 is 28.4 Å². The maximum atomic E-state index is 6.29. The number of methoxy groups -OCH3 is 3. The molecule has 0 bridgehead atoms. The van der Waals surface area contributed by atoms with Crippen molar-refractivity contribution in [2.24, 2.45) is 0 Å². The van der Waals surface area contributed by atoms with E-state index in [1.54, 1.807) is 21.3 Å². The van der Waals surface area contributed by atoms with Gasteiger partial charge in [-0.1, -0.05) is 0 Å². The average molecular weight is 361 g/mol. The Kier molecular flexibility index (Phi) is 7.24. The van der Waals surface area contributed by atoms with Gasteiger partial charge in [-0.05, 0) is 34.9 Å². The van der Waals surface area contributed by atoms with Gasteiger partial charge in [-0.3, -0.25) is 4.90 Å². The molecule has 0 N–H and O–H groups in total. The molecule has 148 valence electrons. The summed E-state index contributed by atoms with van der Waals surface area (Å²) in [5.41, 5.74) is -0.217. The molecule has 7 heteroatoms. The van der Waals surface area contributed by atoms with Crippen molar-refractivity contribution in [2.45, 2.75) is 82.3 Å². The van der Waals surface area contributed by atoms with E-state index < -0.39 is 0 Å². The molecule has 0 amide bonds. The predicted octanol–water partition coefficient (Wildman–Crippen LogP) is 1.64. The van der Waals surface area contributed by atoms with Gasteiger partial charge in [0.1, 0.15) is 6.10 Å². The first-order valence-corrected chi connectivity index (χ1v) is 9.00. The Morgan fingerprint density at radius 3 is 2.12 bits per heavy atom. The minimum atomic E-state index is -0.360. The van der Waals surface area contributed by atoms with Crippen molar-refractivity contribution in [1.82, 2.24) is 4.90 Å². The van der Waals surface area contributed by atoms with Crippen LogP contribution in [0.25, 0.3) is 0 Å². The molecule has 0 aliphatic carbocycles. The summed E-state index contributed by atoms with van der Waals surface area (Å²) in [6.45, 7) is 6.21. The highest BCUT2D eigenvalue weighted by atomic mass is 16.7. The van der Waals surface area contributed by atoms with Crippen LogP contribution in [-0.4, -0.2) is 89.0 Å². The molecule has 4 unspecified atom stereocenters. The van der Waals surface area contributed by atoms with Crippen LogP contribution in [0.1, 0.15) is 33.6 Å². The highest BCUT2D eigenvalue weighted by Crippen LogP contribution is 2.36. The van der Waals surface area contributed by atoms with Crippen LogP contribution in [0, 0.1) is 0 Å². The Morgan fingerprint density at radius 1 is 0.920 bits per heavy atom. The van der Waals surface area contributed by atoms with Gasteiger partial charge >= 0.3 is 0 Å². The molecule has 8 atom stereocenters. The number of rotatable bonds is 6. The smallest absolute Gasteiger partial charge is 0.161 e. The molecule has 0 radical (unpaired) electrons. The Bertz CT molecular complexity index is 422. The summed E-state index contributed by atoms with van der Waals surface area (Å²) in [6.07, 6.45) is 0.158. The molecule has 0 aromatic rings. The molecule has 2 aliphatic rings. The second-order valence-electron chi connectivity index (χ2n) is 7.41. The SMILES string of the molecule is COC1C[C@H](OC)OC(C)[C@@H]1O[C@H]1CC(OC)[C@@](C)(N(C)C)C(C)O1. The van der Waals surface area contributed by atoms with Crippen LogP contribution in [0.2, 0.25) is 0 Å². The van der Waals surface area contributed by atoms with E-state index in [2.05, 4.69) is 32.8 Å². The van der Waals surface area contributed by atoms with E-state index >= 15 is 0 Å². The van der Waals surface area contributed by atoms with E-state index in [1.807, 2.05) is 6.92 Å². The molecule has 0 aromatic carbocycles. The Hall–Kier alpha value is -0.280. The summed E-state index contributed by atoms with van der Waals surface area (Å²) in [6, 6.07) is 0. The van der Waals surface area contributed by atoms with E-state index in [9.17, 15) is 0 Å². The zero-order valence-corrected chi connectivity index (χ0v) is 16.9. The van der Waals surface area contributed by atoms with Crippen LogP contribution < -0.4 is 0 Å². The number of likely N-dealkylation sites (N-methyl/N-ethyl adjacent to an activating group) is 1. The third kappa shape index (κ3) is 4.18. The number of nitrogens with zero attached hydrogens (tertiary/aromatic N) is 1. The lowest BCUT2D eigenvalue weighted by atomic mass is 9.83. The first kappa shape index (κ1) is 21.0. The molecular weight excluding hydrogens is 326 g/mol. The van der Waals surface area contributed by atoms with Gasteiger partial charge in [-0.2, -0.15) is 0 Å². The maximum Gasteiger partial charge on any atom is 0.161 e. The highest BCUT2D eigenvalue weighted by Gasteiger charge is 2.50. The number of ether oxygens (including phenoxy) is 6. The highest BCUT2D eigenvalue weighted by molar-refractivity contribution is 5.00. The van der Waals surface area contributed by atoms with E-state index in [0.717, 1.165) is 0 Å². The topological polar surface area (TPSA) is 58.6 Å². The van der Waals surface area contributed by atoms with Crippen LogP contribution in [0.4, 0.5) is 0 Å². The molecule has 2 fully saturated rings. The van der Waals surface area contributed by atoms with E-state index in [-0.39, 0.29) is 48.6 Å². The third-order valence-electron chi connectivity index (χ3n) is 5.98. The molecule has 2 rings (SSSR count). The van der Waals surface area contributed by atoms with E-state index in [0.29, 0.717) is 12.8 Å². The molecule has 7 nitrogen and oxygen atoms in total. The number of hydrogen-bond donors (Lipinski definition) is 0. The first-order valence-electron chi connectivity index (χ1n) is 9.00. The van der Waals surface area contributed by atoms with Gasteiger partial charge in [0.25, 0.3) is 0 Å². The van der Waals surface area contributed by atoms with Crippen LogP contribution in [-0.2, 0) is 28.4 Å². The molecule has 0 aromatic heterocycles. The van der Waals surface area contributed by atoms with Gasteiger partial charge in [-0.25, -0.2) is 0 Å². The molecule has 0 saturated carbocycles. The van der Waals surface area contributed by atoms with E-state index in [1.165, 1.54) is 0 Å². The van der Waals surface area contributed by atoms with Gasteiger partial charge in [0, 0.05) is 34.2 Å². The van der Waals surface area contributed by atoms with Crippen molar-refractivity contribution in [2.75, 3.05) is 35.4 Å². The standard InChI is InChI=1S/C18H35NO6/c1-11-17(13(20-6)9-15(22-8)23-11)25-16-10-14(21-7)18(3,19(4)5)12(2)24-16/h11-17H,9-10H2,1-8H3/t11?,12?,13?,14?,15-,16+,17+,18+/m1/s1. The van der Waals surface area contributed by atoms with Gasteiger partial charge in [0.2, 0.25) is 0 Å². The second kappa shape index (κ2) is 8.61. The lowest BCUT2D eigenvalue weighted by Crippen LogP contribution is -2.65. The third-order valence-corrected chi connectivity index (χ3v) is 5.98. The zero-order chi connectivity index (χ0) is 18.8. The molecule has 2 heterocycles. The van der Waals surface area contributed by atoms with Crippen LogP contribution in [0.3, 0.4) is 0 Å². The molecule has 25 heavy (non-hydrogen) atoms. The molecule has 0 spiro atoms. The summed E-state index contributed by atoms with van der Waals surface area (Å²) in [5.74, 6) is 0. The minimum Gasteiger partial charge on any atom is -0.379 e. The Balaban J connectivity index is 2.07. The largest absolute Gasteiger partial charge is 0.379 e. The fourth-order valence-corrected chi connectivity index (χ4v) is 3.92. The van der Waals surface area contributed by atoms with Crippen molar-refractivity contribution in [3.63, 3.8) is 0 Å². The van der Waals surface area contributed by atoms with Gasteiger partial charge in [0.05, 0.1) is 30.0 Å². The molecular formula is C18H35NO6. The summed E-state index contributed by atoms with van der Waals surface area (Å²) in [5, 5.41) is 0. The normalized spacial score (nSPS) is 45.7. The molecule has 2 aliphatic heterocycles. The summed E-state index contributed by atoms with van der Waals surface area (Å²) < 4.78 is 35.1. The lowest BCUT2D eigenvalue weighted by Gasteiger charge is -2.52. The Morgan fingerprint density at radius 2 is 1.60 bits per heavy atom. The fraction of sp³-hybridized carbons (Fsp3) is 1.00. The van der Waals surface area contributed by atoms with Crippen LogP contribution >= 0.6 is 0 Å². The summed E-state index contributed by atoms with van der Waals surface area (Å²) in [4.78, 5) is 2.16. The van der Waals surface area contributed by atoms with Crippen molar-refractivity contribution in [3.05, 3.63) is 0 Å². The zero-order valence-electron chi connectivity index (χ0n) is 16.9. The minimum absolute atomic E-state index is 0.00350. The quantitative estimate of drug-likeness (QED) is 0.713. The van der Waals surface area contributed by atoms with Crippen molar-refractivity contribution in [3.8, 4) is 0 Å². The first-order chi connectivity index (χ1) is 11.8. The number of hydrogen-bond acceptors (Lipinski definition) is 7. The molecule has 2 saturated heterocycles. The van der Waals surface area contributed by atoms with Gasteiger partial charge in [-0.15, -0.1) is 0 Å². The van der Waals surface area contributed by atoms with Crippen molar-refractivity contribution < 1.29 is 28.4 Å². The van der Waals surface area contributed by atoms with Crippen LogP contribution in [0.5, 0.6) is 0 Å². The van der Waals surface area contributed by atoms with E-state index in [4.69, 9.17) is 28.4 Å². The van der Waals surface area contributed by atoms with Crippen molar-refractivity contribution >= 4 is 0 Å². The fourth-order valence-electron chi connectivity index (χ4n) is 3.92. The summed E-state index contributed by atoms with van der Waals surface area (Å²) in [7, 11) is 9.18. The monoisotopic (exact) mass is 361 g/mol. The predicted molar refractivity (Wildman–Crippen MR) is 93.5 cm³/mol. The lowest BCUT2D eigenvalue weighted by molar-refractivity contribution is -0.316. The Labute approximate surface area is 151 Å². The second-order valence-corrected chi connectivity index (χ2v) is 7.41.